The van der Waals surface area contributed by atoms with Crippen molar-refractivity contribution in [2.24, 2.45) is 0 Å². The first-order valence-electron chi connectivity index (χ1n) is 0.821. The zero-order chi connectivity index (χ0) is 5.45. The summed E-state index contributed by atoms with van der Waals surface area (Å²) < 4.78 is 0. The van der Waals surface area contributed by atoms with Crippen molar-refractivity contribution in [1.82, 2.24) is 0 Å². The van der Waals surface area contributed by atoms with E-state index in [1.807, 2.05) is 0 Å². The van der Waals surface area contributed by atoms with Crippen molar-refractivity contribution in [3.05, 3.63) is 0 Å². The molecule has 0 unspecified atom stereocenters. The molecule has 0 aliphatic rings. The van der Waals surface area contributed by atoms with E-state index in [4.69, 9.17) is 37.7 Å². The van der Waals surface area contributed by atoms with E-state index < -0.39 is 5.54 Å². The summed E-state index contributed by atoms with van der Waals surface area (Å²) >= 11 is 0.537. The van der Waals surface area contributed by atoms with E-state index in [1.54, 1.807) is 0 Å². The van der Waals surface area contributed by atoms with Gasteiger partial charge in [0.2, 0.25) is 0 Å². The Kier molecular flexibility index (Phi) is 3.19. The van der Waals surface area contributed by atoms with Crippen molar-refractivity contribution in [2.45, 2.75) is 0 Å². The summed E-state index contributed by atoms with van der Waals surface area (Å²) in [6, 6.07) is 0. The summed E-state index contributed by atoms with van der Waals surface area (Å²) in [7, 11) is 21.4. The van der Waals surface area contributed by atoms with Gasteiger partial charge in [0.05, 0.1) is 0 Å². The van der Waals surface area contributed by atoms with E-state index in [2.05, 4.69) is 0 Å². The van der Waals surface area contributed by atoms with E-state index in [0.29, 0.717) is 21.6 Å². The van der Waals surface area contributed by atoms with Gasteiger partial charge in [-0.2, -0.15) is 0 Å². The molecule has 6 heavy (non-hydrogen) atoms. The van der Waals surface area contributed by atoms with Gasteiger partial charge < -0.3 is 0 Å². The summed E-state index contributed by atoms with van der Waals surface area (Å²) in [5, 5.41) is 0. The van der Waals surface area contributed by atoms with Crippen LogP contribution in [0, 0.1) is 0 Å². The Morgan fingerprint density at radius 1 is 1.00 bits per heavy atom. The summed E-state index contributed by atoms with van der Waals surface area (Å²) in [5.41, 5.74) is -3.72. The van der Waals surface area contributed by atoms with Crippen LogP contribution in [0.4, 0.5) is 0 Å². The molecule has 6 heteroatoms. The van der Waals surface area contributed by atoms with E-state index in [1.165, 1.54) is 0 Å². The molecule has 0 N–H and O–H groups in total. The van der Waals surface area contributed by atoms with Crippen LogP contribution in [-0.4, -0.2) is 21.6 Å². The number of rotatable bonds is 0. The first kappa shape index (κ1) is 8.77. The standard InChI is InChI=1S/4ClH.Pb.W/h4*1H;;/q;;;;;+4/p-4. The predicted octanol–water partition coefficient (Wildman–Crippen LogP) is 2.37. The number of halogens is 4. The number of hydrogen-bond acceptors (Lipinski definition) is 0. The average Bonchev–Trinajstić information content (AvgIpc) is 0.650. The predicted molar refractivity (Wildman–Crippen MR) is 29.2 cm³/mol. The molecule has 0 fully saturated rings. The fourth-order valence-corrected chi connectivity index (χ4v) is 0. The Bertz CT molecular complexity index is 85.2. The zero-order valence-corrected chi connectivity index (χ0v) is 12.3. The molecule has 0 atom stereocenters. The van der Waals surface area contributed by atoms with Crippen LogP contribution in [0.5, 0.6) is 0 Å². The molecule has 0 aliphatic carbocycles. The van der Waals surface area contributed by atoms with Crippen LogP contribution in [0.15, 0.2) is 0 Å². The van der Waals surface area contributed by atoms with Gasteiger partial charge in [0.1, 0.15) is 0 Å². The molecule has 38 valence electrons. The van der Waals surface area contributed by atoms with Crippen LogP contribution in [0.25, 0.3) is 0 Å². The van der Waals surface area contributed by atoms with Gasteiger partial charge in [-0.1, -0.05) is 0 Å². The SMILES string of the molecule is [Cl][W]([Cl])([Cl])([Cl])=[Pb]. The Morgan fingerprint density at radius 3 is 1.00 bits per heavy atom. The minimum absolute atomic E-state index is 0.537. The van der Waals surface area contributed by atoms with Gasteiger partial charge >= 0.3 is 64.8 Å². The molecule has 2 radical (unpaired) electrons. The molecule has 0 aliphatic heterocycles. The van der Waals surface area contributed by atoms with Crippen LogP contribution in [0.2, 0.25) is 0 Å². The minimum atomic E-state index is -3.72. The summed E-state index contributed by atoms with van der Waals surface area (Å²) in [6.45, 7) is 0. The van der Waals surface area contributed by atoms with Gasteiger partial charge in [-0.05, 0) is 0 Å². The Hall–Kier alpha value is 2.77. The molecule has 0 aromatic heterocycles. The molecule has 0 heterocycles. The van der Waals surface area contributed by atoms with Crippen LogP contribution < -0.4 is 0 Å². The van der Waals surface area contributed by atoms with Crippen LogP contribution in [-0.2, 0) is 5.54 Å². The molecular weight excluding hydrogens is 533 g/mol. The van der Waals surface area contributed by atoms with Gasteiger partial charge in [-0.15, -0.1) is 0 Å². The van der Waals surface area contributed by atoms with Crippen molar-refractivity contribution in [2.75, 3.05) is 0 Å². The van der Waals surface area contributed by atoms with E-state index in [0.717, 1.165) is 0 Å². The van der Waals surface area contributed by atoms with Crippen LogP contribution in [0.3, 0.4) is 0 Å². The molecule has 0 amide bonds. The molecular formula is Cl4PbW. The molecule has 0 rings (SSSR count). The average molecular weight is 533 g/mol. The third-order valence-electron chi connectivity index (χ3n) is 0. The Morgan fingerprint density at radius 2 is 1.00 bits per heavy atom. The molecule has 0 aromatic rings. The molecule has 0 aromatic carbocycles. The van der Waals surface area contributed by atoms with Crippen molar-refractivity contribution in [1.29, 1.82) is 0 Å². The maximum absolute atomic E-state index is 5.35. The summed E-state index contributed by atoms with van der Waals surface area (Å²) in [4.78, 5) is 0. The van der Waals surface area contributed by atoms with Crippen LogP contribution in [0.1, 0.15) is 0 Å². The van der Waals surface area contributed by atoms with Gasteiger partial charge in [-0.3, -0.25) is 0 Å². The van der Waals surface area contributed by atoms with Crippen molar-refractivity contribution < 1.29 is 5.54 Å². The Balaban J connectivity index is 4.16. The van der Waals surface area contributed by atoms with Crippen molar-refractivity contribution in [3.63, 3.8) is 0 Å². The summed E-state index contributed by atoms with van der Waals surface area (Å²) in [6.07, 6.45) is 0. The molecule has 0 saturated heterocycles. The van der Waals surface area contributed by atoms with Crippen molar-refractivity contribution in [3.8, 4) is 0 Å². The third kappa shape index (κ3) is 29.4. The molecule has 0 saturated carbocycles. The monoisotopic (exact) mass is 532 g/mol. The first-order valence-corrected chi connectivity index (χ1v) is 29.8. The normalized spacial score (nSPS) is 19.0. The second-order valence-electron chi connectivity index (χ2n) is 0.659. The van der Waals surface area contributed by atoms with Gasteiger partial charge in [0.15, 0.2) is 0 Å². The first-order chi connectivity index (χ1) is 2.24. The van der Waals surface area contributed by atoms with E-state index in [9.17, 15) is 0 Å². The summed E-state index contributed by atoms with van der Waals surface area (Å²) in [5.74, 6) is 0. The third-order valence-corrected chi connectivity index (χ3v) is 0. The zero-order valence-electron chi connectivity index (χ0n) is 2.42. The van der Waals surface area contributed by atoms with Crippen molar-refractivity contribution >= 4 is 59.3 Å². The van der Waals surface area contributed by atoms with E-state index >= 15 is 0 Å². The second-order valence-corrected chi connectivity index (χ2v) is 92.3. The fraction of sp³-hybridized carbons (Fsp3) is 0. The fourth-order valence-electron chi connectivity index (χ4n) is 0. The quantitative estimate of drug-likeness (QED) is 0.421. The molecule has 0 nitrogen and oxygen atoms in total. The molecule has 0 bridgehead atoms. The maximum atomic E-state index is 5.35. The Labute approximate surface area is 63.5 Å². The van der Waals surface area contributed by atoms with Gasteiger partial charge in [0.25, 0.3) is 0 Å². The second kappa shape index (κ2) is 2.18. The van der Waals surface area contributed by atoms with Crippen LogP contribution >= 0.6 is 37.7 Å². The number of hydrogen-bond donors (Lipinski definition) is 0. The van der Waals surface area contributed by atoms with Gasteiger partial charge in [-0.25, -0.2) is 0 Å². The van der Waals surface area contributed by atoms with Gasteiger partial charge in [0, 0.05) is 0 Å². The molecule has 0 spiro atoms. The topological polar surface area (TPSA) is 0 Å². The van der Waals surface area contributed by atoms with E-state index in [-0.39, 0.29) is 0 Å².